The Balaban J connectivity index is 2.41. The lowest BCUT2D eigenvalue weighted by atomic mass is 10.0. The zero-order valence-corrected chi connectivity index (χ0v) is 10.2. The maximum absolute atomic E-state index is 5.89. The number of ether oxygens (including phenoxy) is 1. The van der Waals surface area contributed by atoms with Gasteiger partial charge in [0.05, 0.1) is 7.11 Å². The normalized spacial score (nSPS) is 20.2. The van der Waals surface area contributed by atoms with Crippen LogP contribution < -0.4 is 10.5 Å². The molecule has 0 saturated heterocycles. The van der Waals surface area contributed by atoms with Crippen molar-refractivity contribution in [3.63, 3.8) is 0 Å². The van der Waals surface area contributed by atoms with E-state index >= 15 is 0 Å². The van der Waals surface area contributed by atoms with Gasteiger partial charge < -0.3 is 10.5 Å². The molecule has 0 amide bonds. The van der Waals surface area contributed by atoms with Crippen molar-refractivity contribution in [3.8, 4) is 5.75 Å². The van der Waals surface area contributed by atoms with Crippen LogP contribution >= 0.6 is 0 Å². The molecule has 0 radical (unpaired) electrons. The quantitative estimate of drug-likeness (QED) is 0.845. The molecule has 1 aliphatic rings. The van der Waals surface area contributed by atoms with E-state index in [0.29, 0.717) is 18.6 Å². The Morgan fingerprint density at radius 3 is 2.81 bits per heavy atom. The molecule has 3 nitrogen and oxygen atoms in total. The summed E-state index contributed by atoms with van der Waals surface area (Å²) < 4.78 is 5.41. The molecule has 1 aromatic carbocycles. The highest BCUT2D eigenvalue weighted by atomic mass is 16.5. The van der Waals surface area contributed by atoms with Gasteiger partial charge in [0, 0.05) is 30.7 Å². The molecule has 1 atom stereocenters. The highest BCUT2D eigenvalue weighted by Gasteiger charge is 2.32. The number of nitrogens with zero attached hydrogens (tertiary/aromatic N) is 1. The van der Waals surface area contributed by atoms with Gasteiger partial charge in [-0.2, -0.15) is 0 Å². The summed E-state index contributed by atoms with van der Waals surface area (Å²) >= 11 is 0. The number of nitrogens with two attached hydrogens (primary N) is 1. The first-order valence-electron chi connectivity index (χ1n) is 5.80. The number of hydrogen-bond acceptors (Lipinski definition) is 3. The van der Waals surface area contributed by atoms with Crippen molar-refractivity contribution in [1.29, 1.82) is 0 Å². The highest BCUT2D eigenvalue weighted by molar-refractivity contribution is 5.45. The molecule has 0 bridgehead atoms. The van der Waals surface area contributed by atoms with Gasteiger partial charge in [0.1, 0.15) is 5.75 Å². The second-order valence-electron chi connectivity index (χ2n) is 4.55. The first-order chi connectivity index (χ1) is 7.69. The van der Waals surface area contributed by atoms with Crippen LogP contribution in [0.1, 0.15) is 31.0 Å². The van der Waals surface area contributed by atoms with Crippen molar-refractivity contribution in [3.05, 3.63) is 29.3 Å². The average molecular weight is 220 g/mol. The second kappa shape index (κ2) is 4.44. The molecule has 0 spiro atoms. The van der Waals surface area contributed by atoms with E-state index in [9.17, 15) is 0 Å². The van der Waals surface area contributed by atoms with Gasteiger partial charge in [0.25, 0.3) is 0 Å². The molecule has 2 rings (SSSR count). The first kappa shape index (κ1) is 11.4. The Hall–Kier alpha value is -1.06. The molecule has 0 saturated carbocycles. The average Bonchev–Trinajstić information content (AvgIpc) is 2.67. The van der Waals surface area contributed by atoms with Crippen molar-refractivity contribution in [2.45, 2.75) is 32.5 Å². The summed E-state index contributed by atoms with van der Waals surface area (Å²) in [6, 6.07) is 7.08. The summed E-state index contributed by atoms with van der Waals surface area (Å²) in [5.74, 6) is 0.985. The van der Waals surface area contributed by atoms with Crippen LogP contribution in [0.4, 0.5) is 0 Å². The Morgan fingerprint density at radius 2 is 2.25 bits per heavy atom. The van der Waals surface area contributed by atoms with Crippen LogP contribution in [0.25, 0.3) is 0 Å². The van der Waals surface area contributed by atoms with Crippen molar-refractivity contribution < 1.29 is 4.74 Å². The molecule has 0 fully saturated rings. The summed E-state index contributed by atoms with van der Waals surface area (Å²) in [4.78, 5) is 2.42. The molecule has 1 aliphatic heterocycles. The minimum absolute atomic E-state index is 0.338. The SMILES string of the molecule is COc1cccc2c1CN(C(C)C)C2CN. The Labute approximate surface area is 97.2 Å². The van der Waals surface area contributed by atoms with E-state index in [2.05, 4.69) is 24.8 Å². The van der Waals surface area contributed by atoms with Crippen molar-refractivity contribution in [2.75, 3.05) is 13.7 Å². The van der Waals surface area contributed by atoms with E-state index in [1.165, 1.54) is 11.1 Å². The van der Waals surface area contributed by atoms with Crippen LogP contribution in [0.3, 0.4) is 0 Å². The zero-order valence-electron chi connectivity index (χ0n) is 10.2. The molecule has 1 unspecified atom stereocenters. The second-order valence-corrected chi connectivity index (χ2v) is 4.55. The molecule has 0 aliphatic carbocycles. The fourth-order valence-corrected chi connectivity index (χ4v) is 2.53. The molecule has 2 N–H and O–H groups in total. The Bertz CT molecular complexity index is 376. The lowest BCUT2D eigenvalue weighted by molar-refractivity contribution is 0.171. The lowest BCUT2D eigenvalue weighted by Crippen LogP contribution is -2.33. The van der Waals surface area contributed by atoms with Crippen molar-refractivity contribution in [2.24, 2.45) is 5.73 Å². The molecule has 16 heavy (non-hydrogen) atoms. The minimum Gasteiger partial charge on any atom is -0.496 e. The molecule has 1 aromatic rings. The fraction of sp³-hybridized carbons (Fsp3) is 0.538. The van der Waals surface area contributed by atoms with Gasteiger partial charge in [-0.1, -0.05) is 12.1 Å². The van der Waals surface area contributed by atoms with Crippen molar-refractivity contribution >= 4 is 0 Å². The number of methoxy groups -OCH3 is 1. The number of rotatable bonds is 3. The standard InChI is InChI=1S/C13H20N2O/c1-9(2)15-8-11-10(12(15)7-14)5-4-6-13(11)16-3/h4-6,9,12H,7-8,14H2,1-3H3. The maximum atomic E-state index is 5.89. The highest BCUT2D eigenvalue weighted by Crippen LogP contribution is 2.38. The number of hydrogen-bond donors (Lipinski definition) is 1. The summed E-state index contributed by atoms with van der Waals surface area (Å²) in [5, 5.41) is 0. The van der Waals surface area contributed by atoms with E-state index in [-0.39, 0.29) is 0 Å². The van der Waals surface area contributed by atoms with Crippen LogP contribution in [-0.4, -0.2) is 24.6 Å². The van der Waals surface area contributed by atoms with Gasteiger partial charge in [0.15, 0.2) is 0 Å². The first-order valence-corrected chi connectivity index (χ1v) is 5.80. The van der Waals surface area contributed by atoms with E-state index in [1.807, 2.05) is 12.1 Å². The minimum atomic E-state index is 0.338. The predicted molar refractivity (Wildman–Crippen MR) is 65.5 cm³/mol. The fourth-order valence-electron chi connectivity index (χ4n) is 2.53. The molecular weight excluding hydrogens is 200 g/mol. The predicted octanol–water partition coefficient (Wildman–Crippen LogP) is 1.92. The van der Waals surface area contributed by atoms with Gasteiger partial charge in [-0.05, 0) is 25.5 Å². The zero-order chi connectivity index (χ0) is 11.7. The smallest absolute Gasteiger partial charge is 0.123 e. The van der Waals surface area contributed by atoms with Gasteiger partial charge in [0.2, 0.25) is 0 Å². The van der Waals surface area contributed by atoms with E-state index < -0.39 is 0 Å². The van der Waals surface area contributed by atoms with Gasteiger partial charge >= 0.3 is 0 Å². The third-order valence-electron chi connectivity index (χ3n) is 3.38. The van der Waals surface area contributed by atoms with Crippen molar-refractivity contribution in [1.82, 2.24) is 4.90 Å². The maximum Gasteiger partial charge on any atom is 0.123 e. The largest absolute Gasteiger partial charge is 0.496 e. The third kappa shape index (κ3) is 1.70. The van der Waals surface area contributed by atoms with Crippen LogP contribution in [0.2, 0.25) is 0 Å². The Kier molecular flexibility index (Phi) is 3.17. The monoisotopic (exact) mass is 220 g/mol. The number of fused-ring (bicyclic) bond motifs is 1. The third-order valence-corrected chi connectivity index (χ3v) is 3.38. The van der Waals surface area contributed by atoms with E-state index in [0.717, 1.165) is 12.3 Å². The molecule has 0 aromatic heterocycles. The van der Waals surface area contributed by atoms with E-state index in [4.69, 9.17) is 10.5 Å². The summed E-state index contributed by atoms with van der Waals surface area (Å²) in [6.45, 7) is 6.03. The van der Waals surface area contributed by atoms with Gasteiger partial charge in [-0.15, -0.1) is 0 Å². The van der Waals surface area contributed by atoms with Crippen LogP contribution in [-0.2, 0) is 6.54 Å². The summed E-state index contributed by atoms with van der Waals surface area (Å²) in [5.41, 5.74) is 8.52. The van der Waals surface area contributed by atoms with Crippen LogP contribution in [0.5, 0.6) is 5.75 Å². The summed E-state index contributed by atoms with van der Waals surface area (Å²) in [7, 11) is 1.73. The van der Waals surface area contributed by atoms with Gasteiger partial charge in [-0.3, -0.25) is 4.90 Å². The molecule has 1 heterocycles. The molecule has 3 heteroatoms. The molecule has 88 valence electrons. The van der Waals surface area contributed by atoms with Gasteiger partial charge in [-0.25, -0.2) is 0 Å². The van der Waals surface area contributed by atoms with Crippen LogP contribution in [0, 0.1) is 0 Å². The molecular formula is C13H20N2O. The van der Waals surface area contributed by atoms with Crippen LogP contribution in [0.15, 0.2) is 18.2 Å². The van der Waals surface area contributed by atoms with E-state index in [1.54, 1.807) is 7.11 Å². The number of benzene rings is 1. The summed E-state index contributed by atoms with van der Waals surface area (Å²) in [6.07, 6.45) is 0. The lowest BCUT2D eigenvalue weighted by Gasteiger charge is -2.27. The topological polar surface area (TPSA) is 38.5 Å². The Morgan fingerprint density at radius 1 is 1.50 bits per heavy atom.